The molecule has 0 aromatic rings. The molecule has 5 nitrogen and oxygen atoms in total. The van der Waals surface area contributed by atoms with Crippen molar-refractivity contribution in [2.24, 2.45) is 5.41 Å². The van der Waals surface area contributed by atoms with E-state index in [1.165, 1.54) is 57.8 Å². The van der Waals surface area contributed by atoms with Crippen molar-refractivity contribution in [3.05, 3.63) is 0 Å². The van der Waals surface area contributed by atoms with Crippen LogP contribution in [0, 0.1) is 5.41 Å². The number of carboxylic acid groups (broad SMARTS) is 1. The van der Waals surface area contributed by atoms with Crippen LogP contribution in [0.15, 0.2) is 0 Å². The minimum Gasteiger partial charge on any atom is -0.481 e. The van der Waals surface area contributed by atoms with Gasteiger partial charge in [0.15, 0.2) is 22.8 Å². The average Bonchev–Trinajstić information content (AvgIpc) is 2.89. The number of carbonyl (C=O) groups excluding carboxylic acids is 3. The van der Waals surface area contributed by atoms with E-state index in [1.54, 1.807) is 0 Å². The fourth-order valence-electron chi connectivity index (χ4n) is 5.36. The first kappa shape index (κ1) is 36.5. The van der Waals surface area contributed by atoms with E-state index >= 15 is 0 Å². The average molecular weight is 537 g/mol. The Morgan fingerprint density at radius 2 is 0.658 bits per heavy atom. The third kappa shape index (κ3) is 16.4. The van der Waals surface area contributed by atoms with Gasteiger partial charge in [-0.1, -0.05) is 136 Å². The molecular weight excluding hydrogens is 476 g/mol. The predicted octanol–water partition coefficient (Wildman–Crippen LogP) is 9.58. The maximum absolute atomic E-state index is 13.5. The molecule has 222 valence electrons. The van der Waals surface area contributed by atoms with Crippen molar-refractivity contribution in [3.8, 4) is 0 Å². The fraction of sp³-hybridized carbons (Fsp3) is 0.879. The van der Waals surface area contributed by atoms with Crippen molar-refractivity contribution < 1.29 is 24.3 Å². The number of aliphatic carboxylic acids is 1. The normalized spacial score (nSPS) is 11.6. The molecule has 0 rings (SSSR count). The zero-order valence-electron chi connectivity index (χ0n) is 25.3. The highest BCUT2D eigenvalue weighted by Crippen LogP contribution is 2.34. The van der Waals surface area contributed by atoms with Crippen molar-refractivity contribution in [1.29, 1.82) is 0 Å². The molecule has 0 unspecified atom stereocenters. The van der Waals surface area contributed by atoms with Gasteiger partial charge >= 0.3 is 5.97 Å². The van der Waals surface area contributed by atoms with Gasteiger partial charge in [-0.05, 0) is 19.3 Å². The van der Waals surface area contributed by atoms with Gasteiger partial charge in [0.25, 0.3) is 0 Å². The van der Waals surface area contributed by atoms with Gasteiger partial charge < -0.3 is 5.11 Å². The number of Topliss-reactive ketones (excluding diaryl/α,β-unsaturated/α-hetero) is 3. The van der Waals surface area contributed by atoms with E-state index < -0.39 is 35.2 Å². The van der Waals surface area contributed by atoms with E-state index in [9.17, 15) is 24.3 Å². The first-order valence-corrected chi connectivity index (χ1v) is 16.2. The molecule has 0 aliphatic carbocycles. The van der Waals surface area contributed by atoms with Gasteiger partial charge in [-0.25, -0.2) is 0 Å². The van der Waals surface area contributed by atoms with Crippen LogP contribution in [0.5, 0.6) is 0 Å². The third-order valence-electron chi connectivity index (χ3n) is 7.87. The monoisotopic (exact) mass is 536 g/mol. The lowest BCUT2D eigenvalue weighted by Crippen LogP contribution is -2.48. The van der Waals surface area contributed by atoms with Crippen molar-refractivity contribution in [2.75, 3.05) is 0 Å². The molecule has 0 aliphatic rings. The van der Waals surface area contributed by atoms with Crippen molar-refractivity contribution in [3.63, 3.8) is 0 Å². The molecule has 1 N–H and O–H groups in total. The van der Waals surface area contributed by atoms with Gasteiger partial charge in [0.2, 0.25) is 0 Å². The lowest BCUT2D eigenvalue weighted by Gasteiger charge is -2.28. The van der Waals surface area contributed by atoms with Gasteiger partial charge in [0, 0.05) is 19.3 Å². The Balaban J connectivity index is 5.25. The zero-order chi connectivity index (χ0) is 28.5. The van der Waals surface area contributed by atoms with Gasteiger partial charge in [-0.2, -0.15) is 0 Å². The standard InChI is InChI=1S/C33H60O5/c1-4-7-10-13-16-19-22-25-29(34)33(28-32(37)38,30(35)26-23-20-17-14-11-8-5-2)31(36)27-24-21-18-15-12-9-6-3/h4-28H2,1-3H3,(H,37,38). The molecule has 0 saturated carbocycles. The summed E-state index contributed by atoms with van der Waals surface area (Å²) in [5.41, 5.74) is -1.99. The summed E-state index contributed by atoms with van der Waals surface area (Å²) in [6.07, 6.45) is 21.3. The maximum Gasteiger partial charge on any atom is 0.305 e. The van der Waals surface area contributed by atoms with E-state index in [-0.39, 0.29) is 19.3 Å². The summed E-state index contributed by atoms with van der Waals surface area (Å²) in [7, 11) is 0. The molecule has 0 radical (unpaired) electrons. The first-order chi connectivity index (χ1) is 18.4. The summed E-state index contributed by atoms with van der Waals surface area (Å²) in [4.78, 5) is 52.5. The van der Waals surface area contributed by atoms with Crippen LogP contribution in [0.4, 0.5) is 0 Å². The van der Waals surface area contributed by atoms with E-state index in [4.69, 9.17) is 0 Å². The highest BCUT2D eigenvalue weighted by molar-refractivity contribution is 6.25. The van der Waals surface area contributed by atoms with Crippen LogP contribution in [-0.4, -0.2) is 28.4 Å². The Labute approximate surface area is 234 Å². The topological polar surface area (TPSA) is 88.5 Å². The highest BCUT2D eigenvalue weighted by Gasteiger charge is 2.51. The second-order valence-electron chi connectivity index (χ2n) is 11.4. The van der Waals surface area contributed by atoms with E-state index in [2.05, 4.69) is 20.8 Å². The van der Waals surface area contributed by atoms with E-state index in [0.29, 0.717) is 19.3 Å². The van der Waals surface area contributed by atoms with Crippen LogP contribution in [0.3, 0.4) is 0 Å². The Kier molecular flexibility index (Phi) is 23.5. The number of unbranched alkanes of at least 4 members (excludes halogenated alkanes) is 18. The Morgan fingerprint density at radius 1 is 0.421 bits per heavy atom. The molecule has 5 heteroatoms. The molecule has 0 aromatic carbocycles. The molecule has 0 fully saturated rings. The van der Waals surface area contributed by atoms with Gasteiger partial charge in [0.1, 0.15) is 0 Å². The molecule has 0 bridgehead atoms. The van der Waals surface area contributed by atoms with Crippen LogP contribution < -0.4 is 0 Å². The summed E-state index contributed by atoms with van der Waals surface area (Å²) >= 11 is 0. The van der Waals surface area contributed by atoms with Gasteiger partial charge in [-0.3, -0.25) is 19.2 Å². The summed E-state index contributed by atoms with van der Waals surface area (Å²) in [5, 5.41) is 9.72. The molecule has 0 atom stereocenters. The SMILES string of the molecule is CCCCCCCCCC(=O)C(CC(=O)O)(C(=O)CCCCCCCCC)C(=O)CCCCCCCCC. The van der Waals surface area contributed by atoms with Crippen LogP contribution in [0.2, 0.25) is 0 Å². The molecule has 0 saturated heterocycles. The summed E-state index contributed by atoms with van der Waals surface area (Å²) in [6.45, 7) is 6.52. The minimum absolute atomic E-state index is 0.118. The van der Waals surface area contributed by atoms with Gasteiger partial charge in [0.05, 0.1) is 6.42 Å². The lowest BCUT2D eigenvalue weighted by molar-refractivity contribution is -0.157. The maximum atomic E-state index is 13.5. The molecule has 0 aliphatic heterocycles. The van der Waals surface area contributed by atoms with Gasteiger partial charge in [-0.15, -0.1) is 0 Å². The largest absolute Gasteiger partial charge is 0.481 e. The molecule has 38 heavy (non-hydrogen) atoms. The zero-order valence-corrected chi connectivity index (χ0v) is 25.3. The minimum atomic E-state index is -1.99. The van der Waals surface area contributed by atoms with Crippen LogP contribution in [0.25, 0.3) is 0 Å². The Bertz CT molecular complexity index is 565. The molecule has 0 heterocycles. The van der Waals surface area contributed by atoms with Crippen molar-refractivity contribution in [2.45, 2.75) is 181 Å². The number of ketones is 3. The Morgan fingerprint density at radius 3 is 0.895 bits per heavy atom. The summed E-state index contributed by atoms with van der Waals surface area (Å²) in [6, 6.07) is 0. The number of hydrogen-bond acceptors (Lipinski definition) is 4. The number of carboxylic acids is 1. The number of carbonyl (C=O) groups is 4. The number of rotatable bonds is 29. The molecule has 0 amide bonds. The van der Waals surface area contributed by atoms with Crippen molar-refractivity contribution in [1.82, 2.24) is 0 Å². The summed E-state index contributed by atoms with van der Waals surface area (Å²) in [5.74, 6) is -2.59. The molecular formula is C33H60O5. The third-order valence-corrected chi connectivity index (χ3v) is 7.87. The Hall–Kier alpha value is -1.52. The van der Waals surface area contributed by atoms with Crippen LogP contribution in [-0.2, 0) is 19.2 Å². The second kappa shape index (κ2) is 24.5. The predicted molar refractivity (Wildman–Crippen MR) is 158 cm³/mol. The first-order valence-electron chi connectivity index (χ1n) is 16.2. The lowest BCUT2D eigenvalue weighted by atomic mass is 9.69. The molecule has 0 spiro atoms. The van der Waals surface area contributed by atoms with Crippen LogP contribution in [0.1, 0.15) is 181 Å². The molecule has 0 aromatic heterocycles. The van der Waals surface area contributed by atoms with Crippen molar-refractivity contribution >= 4 is 23.3 Å². The summed E-state index contributed by atoms with van der Waals surface area (Å²) < 4.78 is 0. The second-order valence-corrected chi connectivity index (χ2v) is 11.4. The van der Waals surface area contributed by atoms with E-state index in [0.717, 1.165) is 57.8 Å². The quantitative estimate of drug-likeness (QED) is 0.0759. The van der Waals surface area contributed by atoms with E-state index in [1.807, 2.05) is 0 Å². The number of hydrogen-bond donors (Lipinski definition) is 1. The fourth-order valence-corrected chi connectivity index (χ4v) is 5.36. The smallest absolute Gasteiger partial charge is 0.305 e. The highest BCUT2D eigenvalue weighted by atomic mass is 16.4. The van der Waals surface area contributed by atoms with Crippen LogP contribution >= 0.6 is 0 Å².